The van der Waals surface area contributed by atoms with Crippen LogP contribution in [0.3, 0.4) is 0 Å². The van der Waals surface area contributed by atoms with E-state index < -0.39 is 11.7 Å². The first kappa shape index (κ1) is 21.0. The average molecular weight is 415 g/mol. The monoisotopic (exact) mass is 414 g/mol. The smallest absolute Gasteiger partial charge is 0.348 e. The quantitative estimate of drug-likeness (QED) is 0.564. The molecule has 0 radical (unpaired) electrons. The molecular formula is C20H26ClF3N4. The van der Waals surface area contributed by atoms with Crippen molar-refractivity contribution in [1.82, 2.24) is 9.55 Å². The number of aromatic nitrogens is 2. The Morgan fingerprint density at radius 3 is 2.54 bits per heavy atom. The molecule has 28 heavy (non-hydrogen) atoms. The van der Waals surface area contributed by atoms with E-state index in [4.69, 9.17) is 16.6 Å². The van der Waals surface area contributed by atoms with Crippen LogP contribution in [0.25, 0.3) is 11.0 Å². The summed E-state index contributed by atoms with van der Waals surface area (Å²) in [6, 6.07) is 1.02. The molecule has 0 bridgehead atoms. The number of rotatable bonds is 3. The maximum absolute atomic E-state index is 13.6. The van der Waals surface area contributed by atoms with E-state index in [9.17, 15) is 13.2 Å². The van der Waals surface area contributed by atoms with Crippen molar-refractivity contribution in [3.05, 3.63) is 16.7 Å². The second kappa shape index (κ2) is 7.58. The van der Waals surface area contributed by atoms with Gasteiger partial charge >= 0.3 is 6.18 Å². The topological polar surface area (TPSA) is 33.4 Å². The van der Waals surface area contributed by atoms with Crippen molar-refractivity contribution in [2.45, 2.75) is 58.7 Å². The fourth-order valence-corrected chi connectivity index (χ4v) is 4.13. The molecule has 8 heteroatoms. The first-order chi connectivity index (χ1) is 13.0. The van der Waals surface area contributed by atoms with Crippen LogP contribution in [0.5, 0.6) is 0 Å². The van der Waals surface area contributed by atoms with Gasteiger partial charge in [0.1, 0.15) is 5.69 Å². The van der Waals surface area contributed by atoms with E-state index in [1.165, 1.54) is 0 Å². The Bertz CT molecular complexity index is 913. The van der Waals surface area contributed by atoms with Gasteiger partial charge in [0.05, 0.1) is 21.6 Å². The van der Waals surface area contributed by atoms with Gasteiger partial charge in [0.15, 0.2) is 0 Å². The first-order valence-corrected chi connectivity index (χ1v) is 9.93. The second-order valence-electron chi connectivity index (χ2n) is 8.10. The highest BCUT2D eigenvalue weighted by molar-refractivity contribution is 6.35. The summed E-state index contributed by atoms with van der Waals surface area (Å²) in [4.78, 5) is 11.0. The largest absolute Gasteiger partial charge is 0.418 e. The zero-order valence-electron chi connectivity index (χ0n) is 16.9. The number of anilines is 1. The van der Waals surface area contributed by atoms with Gasteiger partial charge in [0, 0.05) is 25.8 Å². The molecule has 1 saturated carbocycles. The number of hydrogen-bond acceptors (Lipinski definition) is 3. The molecule has 1 aromatic carbocycles. The maximum Gasteiger partial charge on any atom is 0.418 e. The van der Waals surface area contributed by atoms with Crippen LogP contribution in [0.4, 0.5) is 24.8 Å². The fraction of sp³-hybridized carbons (Fsp3) is 0.600. The van der Waals surface area contributed by atoms with Gasteiger partial charge in [0.25, 0.3) is 0 Å². The van der Waals surface area contributed by atoms with Crippen LogP contribution < -0.4 is 4.90 Å². The van der Waals surface area contributed by atoms with Crippen LogP contribution in [0, 0.1) is 5.92 Å². The van der Waals surface area contributed by atoms with Gasteiger partial charge in [-0.1, -0.05) is 18.5 Å². The molecule has 3 rings (SSSR count). The molecule has 1 unspecified atom stereocenters. The molecule has 1 aliphatic rings. The minimum absolute atomic E-state index is 0.0144. The third-order valence-electron chi connectivity index (χ3n) is 5.11. The fourth-order valence-electron chi connectivity index (χ4n) is 3.84. The van der Waals surface area contributed by atoms with Gasteiger partial charge < -0.3 is 9.47 Å². The van der Waals surface area contributed by atoms with Crippen LogP contribution in [0.15, 0.2) is 11.1 Å². The Labute approximate surface area is 168 Å². The number of halogens is 4. The van der Waals surface area contributed by atoms with Crippen molar-refractivity contribution in [1.29, 1.82) is 0 Å². The molecule has 1 aliphatic carbocycles. The van der Waals surface area contributed by atoms with Crippen LogP contribution >= 0.6 is 11.6 Å². The maximum atomic E-state index is 13.6. The van der Waals surface area contributed by atoms with E-state index >= 15 is 0 Å². The van der Waals surface area contributed by atoms with E-state index in [1.807, 2.05) is 32.5 Å². The summed E-state index contributed by atoms with van der Waals surface area (Å²) >= 11 is 6.31. The van der Waals surface area contributed by atoms with E-state index in [0.717, 1.165) is 37.5 Å². The third-order valence-corrected chi connectivity index (χ3v) is 5.49. The minimum Gasteiger partial charge on any atom is -0.348 e. The Morgan fingerprint density at radius 2 is 2.00 bits per heavy atom. The van der Waals surface area contributed by atoms with Gasteiger partial charge in [-0.3, -0.25) is 4.99 Å². The molecule has 1 fully saturated rings. The number of alkyl halides is 3. The van der Waals surface area contributed by atoms with Gasteiger partial charge in [-0.15, -0.1) is 0 Å². The average Bonchev–Trinajstić information content (AvgIpc) is 2.96. The lowest BCUT2D eigenvalue weighted by atomic mass is 9.89. The highest BCUT2D eigenvalue weighted by Crippen LogP contribution is 2.46. The Morgan fingerprint density at radius 1 is 1.32 bits per heavy atom. The first-order valence-electron chi connectivity index (χ1n) is 9.56. The third kappa shape index (κ3) is 3.86. The van der Waals surface area contributed by atoms with Crippen molar-refractivity contribution in [2.24, 2.45) is 10.9 Å². The summed E-state index contributed by atoms with van der Waals surface area (Å²) < 4.78 is 42.8. The molecule has 1 atom stereocenters. The molecule has 0 aliphatic heterocycles. The van der Waals surface area contributed by atoms with Crippen LogP contribution in [0.2, 0.25) is 5.02 Å². The van der Waals surface area contributed by atoms with Gasteiger partial charge in [-0.05, 0) is 51.5 Å². The van der Waals surface area contributed by atoms with Gasteiger partial charge in [-0.2, -0.15) is 13.2 Å². The highest BCUT2D eigenvalue weighted by Gasteiger charge is 2.36. The summed E-state index contributed by atoms with van der Waals surface area (Å²) in [6.45, 7) is 6.08. The van der Waals surface area contributed by atoms with Crippen molar-refractivity contribution in [2.75, 3.05) is 19.0 Å². The normalized spacial score (nSPS) is 19.8. The van der Waals surface area contributed by atoms with Crippen molar-refractivity contribution < 1.29 is 13.2 Å². The number of imidazole rings is 1. The number of benzene rings is 1. The SMILES string of the molecule is CC1CCCC(=Nc2c(Cl)c(C(F)(F)F)cc3nc(N(C)C)n(C(C)C)c23)C1. The number of nitrogens with zero attached hydrogens (tertiary/aromatic N) is 4. The van der Waals surface area contributed by atoms with E-state index in [0.29, 0.717) is 17.4 Å². The number of aliphatic imine (C=N–C) groups is 1. The van der Waals surface area contributed by atoms with Crippen molar-refractivity contribution >= 4 is 40.0 Å². The molecule has 0 spiro atoms. The zero-order valence-corrected chi connectivity index (χ0v) is 17.6. The van der Waals surface area contributed by atoms with Crippen LogP contribution in [0.1, 0.15) is 58.1 Å². The molecule has 0 saturated heterocycles. The Kier molecular flexibility index (Phi) is 5.67. The molecule has 0 N–H and O–H groups in total. The van der Waals surface area contributed by atoms with Crippen LogP contribution in [-0.4, -0.2) is 29.4 Å². The van der Waals surface area contributed by atoms with Gasteiger partial charge in [-0.25, -0.2) is 4.98 Å². The lowest BCUT2D eigenvalue weighted by molar-refractivity contribution is -0.137. The molecule has 154 valence electrons. The summed E-state index contributed by atoms with van der Waals surface area (Å²) in [6.07, 6.45) is -0.898. The zero-order chi connectivity index (χ0) is 20.8. The van der Waals surface area contributed by atoms with E-state index in [2.05, 4.69) is 11.9 Å². The van der Waals surface area contributed by atoms with E-state index in [-0.39, 0.29) is 22.3 Å². The molecular weight excluding hydrogens is 389 g/mol. The van der Waals surface area contributed by atoms with Gasteiger partial charge in [0.2, 0.25) is 5.95 Å². The number of fused-ring (bicyclic) bond motifs is 1. The second-order valence-corrected chi connectivity index (χ2v) is 8.48. The lowest BCUT2D eigenvalue weighted by Crippen LogP contribution is -2.16. The van der Waals surface area contributed by atoms with Crippen LogP contribution in [-0.2, 0) is 6.18 Å². The highest BCUT2D eigenvalue weighted by atomic mass is 35.5. The van der Waals surface area contributed by atoms with E-state index in [1.54, 1.807) is 4.90 Å². The molecule has 4 nitrogen and oxygen atoms in total. The summed E-state index contributed by atoms with van der Waals surface area (Å²) in [7, 11) is 3.64. The molecule has 0 amide bonds. The Balaban J connectivity index is 2.37. The summed E-state index contributed by atoms with van der Waals surface area (Å²) in [5.74, 6) is 1.05. The summed E-state index contributed by atoms with van der Waals surface area (Å²) in [5, 5.41) is -0.349. The minimum atomic E-state index is -4.57. The molecule has 1 aromatic heterocycles. The Hall–Kier alpha value is -1.76. The lowest BCUT2D eigenvalue weighted by Gasteiger charge is -2.21. The van der Waals surface area contributed by atoms with Crippen molar-refractivity contribution in [3.8, 4) is 0 Å². The molecule has 1 heterocycles. The standard InChI is InChI=1S/C20H26ClF3N4/c1-11(2)28-18-15(26-19(28)27(4)5)10-14(20(22,23)24)16(21)17(18)25-13-8-6-7-12(3)9-13/h10-12H,6-9H2,1-5H3. The number of hydrogen-bond donors (Lipinski definition) is 0. The summed E-state index contributed by atoms with van der Waals surface area (Å²) in [5.41, 5.74) is 1.03. The predicted octanol–water partition coefficient (Wildman–Crippen LogP) is 6.64. The predicted molar refractivity (Wildman–Crippen MR) is 109 cm³/mol. The molecule has 2 aromatic rings. The van der Waals surface area contributed by atoms with Crippen molar-refractivity contribution in [3.63, 3.8) is 0 Å².